The Morgan fingerprint density at radius 2 is 1.25 bits per heavy atom. The first-order valence-electron chi connectivity index (χ1n) is 5.90. The van der Waals surface area contributed by atoms with Crippen molar-refractivity contribution in [1.82, 2.24) is 10.0 Å². The quantitative estimate of drug-likeness (QED) is 0.652. The maximum Gasteiger partial charge on any atom is 0.0618 e. The fraction of sp³-hybridized carbons (Fsp3) is 0.909. The van der Waals surface area contributed by atoms with Gasteiger partial charge in [-0.1, -0.05) is 6.92 Å². The number of hydrazine groups is 1. The molecule has 0 N–H and O–H groups in total. The molecule has 0 spiro atoms. The van der Waals surface area contributed by atoms with Crippen molar-refractivity contribution in [3.8, 4) is 6.07 Å². The summed E-state index contributed by atoms with van der Waals surface area (Å²) in [7, 11) is 0. The van der Waals surface area contributed by atoms with Crippen molar-refractivity contribution in [1.29, 1.82) is 5.26 Å². The van der Waals surface area contributed by atoms with Gasteiger partial charge in [0.1, 0.15) is 0 Å². The van der Waals surface area contributed by atoms with Gasteiger partial charge >= 0.3 is 0 Å². The molecule has 0 amide bonds. The van der Waals surface area contributed by atoms with Crippen LogP contribution in [0.5, 0.6) is 0 Å². The first-order chi connectivity index (χ1) is 7.88. The zero-order valence-electron chi connectivity index (χ0n) is 10.0. The second-order valence-corrected chi connectivity index (χ2v) is 3.64. The second-order valence-electron chi connectivity index (χ2n) is 3.64. The summed E-state index contributed by atoms with van der Waals surface area (Å²) in [4.78, 5) is 0. The Morgan fingerprint density at radius 1 is 0.938 bits per heavy atom. The molecule has 2 aliphatic rings. The highest BCUT2D eigenvalue weighted by molar-refractivity contribution is 4.64. The van der Waals surface area contributed by atoms with Crippen LogP contribution in [0, 0.1) is 11.3 Å². The fourth-order valence-electron chi connectivity index (χ4n) is 1.67. The van der Waals surface area contributed by atoms with Crippen LogP contribution in [0.2, 0.25) is 0 Å². The molecule has 5 heteroatoms. The molecule has 2 aliphatic heterocycles. The summed E-state index contributed by atoms with van der Waals surface area (Å²) in [5.74, 6) is 0. The lowest BCUT2D eigenvalue weighted by Crippen LogP contribution is -2.52. The van der Waals surface area contributed by atoms with Crippen LogP contribution in [0.1, 0.15) is 13.3 Å². The predicted molar refractivity (Wildman–Crippen MR) is 60.7 cm³/mol. The summed E-state index contributed by atoms with van der Waals surface area (Å²) in [5.41, 5.74) is 0. The molecule has 92 valence electrons. The molecule has 0 radical (unpaired) electrons. The van der Waals surface area contributed by atoms with Crippen molar-refractivity contribution in [2.24, 2.45) is 0 Å². The normalized spacial score (nSPS) is 23.0. The molecule has 0 aromatic heterocycles. The third-order valence-corrected chi connectivity index (χ3v) is 2.53. The summed E-state index contributed by atoms with van der Waals surface area (Å²) in [6, 6.07) is 1.93. The minimum Gasteiger partial charge on any atom is -0.379 e. The Morgan fingerprint density at radius 3 is 1.50 bits per heavy atom. The van der Waals surface area contributed by atoms with Crippen LogP contribution in [0.3, 0.4) is 0 Å². The maximum atomic E-state index is 7.62. The van der Waals surface area contributed by atoms with E-state index in [-0.39, 0.29) is 0 Å². The first-order valence-corrected chi connectivity index (χ1v) is 5.90. The minimum atomic E-state index is 0.625. The standard InChI is InChI=1S/C8H16N2O2.C3H5N/c1-5-11-6-2-9(1)10-3-7-12-8-4-10;1-2-3-4/h1-8H2;2H2,1H3. The second kappa shape index (κ2) is 8.48. The van der Waals surface area contributed by atoms with Gasteiger partial charge in [0.05, 0.1) is 32.5 Å². The van der Waals surface area contributed by atoms with E-state index >= 15 is 0 Å². The van der Waals surface area contributed by atoms with Crippen molar-refractivity contribution in [3.05, 3.63) is 0 Å². The van der Waals surface area contributed by atoms with Gasteiger partial charge in [-0.15, -0.1) is 0 Å². The molecule has 0 aliphatic carbocycles. The molecule has 0 aromatic carbocycles. The maximum absolute atomic E-state index is 7.62. The van der Waals surface area contributed by atoms with Gasteiger partial charge in [0.2, 0.25) is 0 Å². The van der Waals surface area contributed by atoms with Crippen LogP contribution in [-0.4, -0.2) is 62.6 Å². The zero-order chi connectivity index (χ0) is 11.6. The summed E-state index contributed by atoms with van der Waals surface area (Å²) in [6.45, 7) is 9.48. The fourth-order valence-corrected chi connectivity index (χ4v) is 1.67. The summed E-state index contributed by atoms with van der Waals surface area (Å²) < 4.78 is 10.6. The first kappa shape index (κ1) is 13.4. The van der Waals surface area contributed by atoms with Gasteiger partial charge in [-0.25, -0.2) is 10.0 Å². The van der Waals surface area contributed by atoms with E-state index in [0.29, 0.717) is 6.42 Å². The Labute approximate surface area is 97.5 Å². The lowest BCUT2D eigenvalue weighted by atomic mass is 10.4. The van der Waals surface area contributed by atoms with Crippen LogP contribution in [0.25, 0.3) is 0 Å². The highest BCUT2D eigenvalue weighted by Gasteiger charge is 2.19. The smallest absolute Gasteiger partial charge is 0.0618 e. The average Bonchev–Trinajstić information content (AvgIpc) is 2.41. The lowest BCUT2D eigenvalue weighted by Gasteiger charge is -2.39. The van der Waals surface area contributed by atoms with E-state index in [2.05, 4.69) is 10.0 Å². The van der Waals surface area contributed by atoms with E-state index in [9.17, 15) is 0 Å². The molecule has 0 bridgehead atoms. The molecule has 2 saturated heterocycles. The van der Waals surface area contributed by atoms with Crippen molar-refractivity contribution in [2.45, 2.75) is 13.3 Å². The van der Waals surface area contributed by atoms with Crippen LogP contribution in [0.15, 0.2) is 0 Å². The van der Waals surface area contributed by atoms with Gasteiger partial charge in [-0.05, 0) is 0 Å². The highest BCUT2D eigenvalue weighted by atomic mass is 16.5. The molecule has 0 atom stereocenters. The van der Waals surface area contributed by atoms with Gasteiger partial charge in [0.25, 0.3) is 0 Å². The molecule has 2 heterocycles. The van der Waals surface area contributed by atoms with Crippen LogP contribution in [-0.2, 0) is 9.47 Å². The molecule has 2 fully saturated rings. The van der Waals surface area contributed by atoms with E-state index in [1.165, 1.54) is 0 Å². The molecule has 0 unspecified atom stereocenters. The Bertz CT molecular complexity index is 190. The van der Waals surface area contributed by atoms with Crippen LogP contribution in [0.4, 0.5) is 0 Å². The van der Waals surface area contributed by atoms with Crippen LogP contribution >= 0.6 is 0 Å². The zero-order valence-corrected chi connectivity index (χ0v) is 10.0. The van der Waals surface area contributed by atoms with Crippen LogP contribution < -0.4 is 0 Å². The van der Waals surface area contributed by atoms with E-state index in [1.54, 1.807) is 0 Å². The Kier molecular flexibility index (Phi) is 7.10. The van der Waals surface area contributed by atoms with Gasteiger partial charge in [-0.2, -0.15) is 5.26 Å². The number of nitrogens with zero attached hydrogens (tertiary/aromatic N) is 3. The van der Waals surface area contributed by atoms with Gasteiger partial charge in [0.15, 0.2) is 0 Å². The predicted octanol–water partition coefficient (Wildman–Crippen LogP) is 0.486. The minimum absolute atomic E-state index is 0.625. The Hall–Kier alpha value is -0.670. The number of rotatable bonds is 1. The number of hydrogen-bond acceptors (Lipinski definition) is 5. The van der Waals surface area contributed by atoms with Crippen molar-refractivity contribution < 1.29 is 9.47 Å². The topological polar surface area (TPSA) is 48.7 Å². The third-order valence-electron chi connectivity index (χ3n) is 2.53. The summed E-state index contributed by atoms with van der Waals surface area (Å²) >= 11 is 0. The number of hydrogen-bond donors (Lipinski definition) is 0. The van der Waals surface area contributed by atoms with Crippen molar-refractivity contribution in [3.63, 3.8) is 0 Å². The van der Waals surface area contributed by atoms with Gasteiger partial charge in [0, 0.05) is 32.6 Å². The number of ether oxygens (including phenoxy) is 2. The molecular weight excluding hydrogens is 206 g/mol. The molecular formula is C11H21N3O2. The molecule has 16 heavy (non-hydrogen) atoms. The molecule has 2 rings (SSSR count). The highest BCUT2D eigenvalue weighted by Crippen LogP contribution is 2.05. The summed E-state index contributed by atoms with van der Waals surface area (Å²) in [5, 5.41) is 12.4. The third kappa shape index (κ3) is 4.90. The summed E-state index contributed by atoms with van der Waals surface area (Å²) in [6.07, 6.45) is 0.625. The Balaban J connectivity index is 0.000000280. The van der Waals surface area contributed by atoms with Crippen molar-refractivity contribution in [2.75, 3.05) is 52.6 Å². The number of nitriles is 1. The van der Waals surface area contributed by atoms with Gasteiger partial charge < -0.3 is 9.47 Å². The molecule has 0 aromatic rings. The largest absolute Gasteiger partial charge is 0.379 e. The van der Waals surface area contributed by atoms with E-state index < -0.39 is 0 Å². The lowest BCUT2D eigenvalue weighted by molar-refractivity contribution is -0.127. The molecule has 5 nitrogen and oxygen atoms in total. The van der Waals surface area contributed by atoms with E-state index in [4.69, 9.17) is 14.7 Å². The average molecular weight is 227 g/mol. The van der Waals surface area contributed by atoms with E-state index in [1.807, 2.05) is 13.0 Å². The molecule has 0 saturated carbocycles. The van der Waals surface area contributed by atoms with E-state index in [0.717, 1.165) is 52.6 Å². The van der Waals surface area contributed by atoms with Crippen molar-refractivity contribution >= 4 is 0 Å². The number of morpholine rings is 2. The van der Waals surface area contributed by atoms with Gasteiger partial charge in [-0.3, -0.25) is 0 Å². The monoisotopic (exact) mass is 227 g/mol. The SMILES string of the molecule is C1CN(N2CCOCC2)CCO1.CCC#N.